The van der Waals surface area contributed by atoms with Gasteiger partial charge in [0.2, 0.25) is 0 Å². The fraction of sp³-hybridized carbons (Fsp3) is 0.227. The van der Waals surface area contributed by atoms with Crippen LogP contribution in [-0.4, -0.2) is 23.3 Å². The minimum atomic E-state index is -0.299. The maximum Gasteiger partial charge on any atom is 0.267 e. The Morgan fingerprint density at radius 1 is 1.10 bits per heavy atom. The highest BCUT2D eigenvalue weighted by Gasteiger charge is 2.17. The van der Waals surface area contributed by atoms with Crippen LogP contribution in [0.3, 0.4) is 0 Å². The first kappa shape index (κ1) is 23.1. The fourth-order valence-corrected chi connectivity index (χ4v) is 3.96. The van der Waals surface area contributed by atoms with Gasteiger partial charge in [-0.2, -0.15) is 0 Å². The normalized spacial score (nSPS) is 10.6. The van der Waals surface area contributed by atoms with Gasteiger partial charge in [-0.3, -0.25) is 9.59 Å². The van der Waals surface area contributed by atoms with E-state index in [1.54, 1.807) is 49.4 Å². The summed E-state index contributed by atoms with van der Waals surface area (Å²) in [6.45, 7) is 4.55. The SMILES string of the molecule is CCCNC(=O)c1ccc(NC(=O)c2sc(COc3ccc(Cl)cc3)nc2C)cc1Cl. The van der Waals surface area contributed by atoms with Crippen LogP contribution < -0.4 is 15.4 Å². The Hall–Kier alpha value is -2.61. The van der Waals surface area contributed by atoms with E-state index in [0.717, 1.165) is 6.42 Å². The molecule has 0 atom stereocenters. The van der Waals surface area contributed by atoms with Gasteiger partial charge in [0.15, 0.2) is 0 Å². The highest BCUT2D eigenvalue weighted by molar-refractivity contribution is 7.13. The molecule has 2 amide bonds. The number of nitrogens with zero attached hydrogens (tertiary/aromatic N) is 1. The lowest BCUT2D eigenvalue weighted by Gasteiger charge is -2.09. The molecule has 2 N–H and O–H groups in total. The van der Waals surface area contributed by atoms with Gasteiger partial charge in [0.05, 0.1) is 16.3 Å². The van der Waals surface area contributed by atoms with E-state index in [-0.39, 0.29) is 23.4 Å². The quantitative estimate of drug-likeness (QED) is 0.434. The second kappa shape index (κ2) is 10.6. The van der Waals surface area contributed by atoms with Crippen LogP contribution in [0.15, 0.2) is 42.5 Å². The van der Waals surface area contributed by atoms with E-state index < -0.39 is 0 Å². The van der Waals surface area contributed by atoms with E-state index in [1.165, 1.54) is 11.3 Å². The van der Waals surface area contributed by atoms with Crippen LogP contribution in [0.5, 0.6) is 5.75 Å². The van der Waals surface area contributed by atoms with Crippen molar-refractivity contribution in [2.45, 2.75) is 26.9 Å². The molecule has 0 fully saturated rings. The van der Waals surface area contributed by atoms with Crippen molar-refractivity contribution in [1.29, 1.82) is 0 Å². The summed E-state index contributed by atoms with van der Waals surface area (Å²) in [4.78, 5) is 29.7. The molecule has 31 heavy (non-hydrogen) atoms. The van der Waals surface area contributed by atoms with Gasteiger partial charge in [-0.25, -0.2) is 4.98 Å². The molecule has 0 radical (unpaired) electrons. The fourth-order valence-electron chi connectivity index (χ4n) is 2.70. The van der Waals surface area contributed by atoms with E-state index >= 15 is 0 Å². The summed E-state index contributed by atoms with van der Waals surface area (Å²) in [6, 6.07) is 11.8. The number of aryl methyl sites for hydroxylation is 1. The zero-order valence-electron chi connectivity index (χ0n) is 17.0. The third-order valence-electron chi connectivity index (χ3n) is 4.23. The molecule has 0 aliphatic heterocycles. The molecule has 0 bridgehead atoms. The molecular formula is C22H21Cl2N3O3S. The lowest BCUT2D eigenvalue weighted by atomic mass is 10.2. The Kier molecular flexibility index (Phi) is 7.90. The molecule has 0 aliphatic rings. The van der Waals surface area contributed by atoms with Gasteiger partial charge < -0.3 is 15.4 Å². The predicted molar refractivity (Wildman–Crippen MR) is 125 cm³/mol. The molecule has 0 spiro atoms. The second-order valence-electron chi connectivity index (χ2n) is 6.67. The molecule has 6 nitrogen and oxygen atoms in total. The number of thiazole rings is 1. The topological polar surface area (TPSA) is 80.3 Å². The van der Waals surface area contributed by atoms with Crippen molar-refractivity contribution in [1.82, 2.24) is 10.3 Å². The van der Waals surface area contributed by atoms with E-state index in [1.807, 2.05) is 6.92 Å². The zero-order valence-corrected chi connectivity index (χ0v) is 19.3. The summed E-state index contributed by atoms with van der Waals surface area (Å²) >= 11 is 13.4. The average molecular weight is 478 g/mol. The number of hydrogen-bond acceptors (Lipinski definition) is 5. The first-order valence-corrected chi connectivity index (χ1v) is 11.2. The lowest BCUT2D eigenvalue weighted by molar-refractivity contribution is 0.0953. The third-order valence-corrected chi connectivity index (χ3v) is 5.92. The standard InChI is InChI=1S/C22H21Cl2N3O3S/c1-3-10-25-21(28)17-9-6-15(11-18(17)24)27-22(29)20-13(2)26-19(31-20)12-30-16-7-4-14(23)5-8-16/h4-9,11H,3,10,12H2,1-2H3,(H,25,28)(H,27,29). The second-order valence-corrected chi connectivity index (χ2v) is 8.60. The Balaban J connectivity index is 1.64. The average Bonchev–Trinajstić information content (AvgIpc) is 3.12. The largest absolute Gasteiger partial charge is 0.486 e. The smallest absolute Gasteiger partial charge is 0.267 e. The maximum atomic E-state index is 12.7. The third kappa shape index (κ3) is 6.19. The van der Waals surface area contributed by atoms with E-state index in [2.05, 4.69) is 15.6 Å². The van der Waals surface area contributed by atoms with Gasteiger partial charge in [-0.05, 0) is 55.8 Å². The number of amides is 2. The molecule has 1 heterocycles. The minimum Gasteiger partial charge on any atom is -0.486 e. The van der Waals surface area contributed by atoms with Crippen LogP contribution in [0, 0.1) is 6.92 Å². The summed E-state index contributed by atoms with van der Waals surface area (Å²) in [5.41, 5.74) is 1.47. The molecule has 9 heteroatoms. The number of hydrogen-bond donors (Lipinski definition) is 2. The monoisotopic (exact) mass is 477 g/mol. The molecule has 0 unspecified atom stereocenters. The molecule has 1 aromatic heterocycles. The Morgan fingerprint density at radius 3 is 2.52 bits per heavy atom. The number of aromatic nitrogens is 1. The summed E-state index contributed by atoms with van der Waals surface area (Å²) in [5.74, 6) is 0.126. The maximum absolute atomic E-state index is 12.7. The number of benzene rings is 2. The number of carbonyl (C=O) groups excluding carboxylic acids is 2. The molecule has 3 aromatic rings. The first-order chi connectivity index (χ1) is 14.9. The van der Waals surface area contributed by atoms with Gasteiger partial charge in [-0.15, -0.1) is 11.3 Å². The van der Waals surface area contributed by atoms with Crippen molar-refractivity contribution in [3.8, 4) is 5.75 Å². The molecule has 0 aliphatic carbocycles. The van der Waals surface area contributed by atoms with Gasteiger partial charge in [0.25, 0.3) is 11.8 Å². The van der Waals surface area contributed by atoms with Crippen molar-refractivity contribution >= 4 is 52.0 Å². The van der Waals surface area contributed by atoms with Crippen LogP contribution in [0.4, 0.5) is 5.69 Å². The van der Waals surface area contributed by atoms with Crippen LogP contribution in [0.2, 0.25) is 10.0 Å². The number of ether oxygens (including phenoxy) is 1. The predicted octanol–water partition coefficient (Wildman–Crippen LogP) is 5.73. The molecular weight excluding hydrogens is 457 g/mol. The lowest BCUT2D eigenvalue weighted by Crippen LogP contribution is -2.24. The Labute approximate surface area is 194 Å². The number of rotatable bonds is 8. The number of nitrogens with one attached hydrogen (secondary N) is 2. The van der Waals surface area contributed by atoms with Crippen molar-refractivity contribution in [3.05, 3.63) is 73.7 Å². The Morgan fingerprint density at radius 2 is 1.84 bits per heavy atom. The molecule has 2 aromatic carbocycles. The van der Waals surface area contributed by atoms with Gasteiger partial charge in [-0.1, -0.05) is 30.1 Å². The van der Waals surface area contributed by atoms with E-state index in [0.29, 0.717) is 44.1 Å². The highest BCUT2D eigenvalue weighted by Crippen LogP contribution is 2.25. The minimum absolute atomic E-state index is 0.242. The summed E-state index contributed by atoms with van der Waals surface area (Å²) in [5, 5.41) is 7.16. The molecule has 0 saturated heterocycles. The summed E-state index contributed by atoms with van der Waals surface area (Å²) in [7, 11) is 0. The zero-order chi connectivity index (χ0) is 22.4. The van der Waals surface area contributed by atoms with Gasteiger partial charge in [0, 0.05) is 17.3 Å². The number of carbonyl (C=O) groups is 2. The number of anilines is 1. The van der Waals surface area contributed by atoms with Crippen LogP contribution >= 0.6 is 34.5 Å². The first-order valence-electron chi connectivity index (χ1n) is 9.61. The molecule has 0 saturated carbocycles. The summed E-state index contributed by atoms with van der Waals surface area (Å²) in [6.07, 6.45) is 0.832. The van der Waals surface area contributed by atoms with Crippen molar-refractivity contribution in [2.75, 3.05) is 11.9 Å². The van der Waals surface area contributed by atoms with Gasteiger partial charge >= 0.3 is 0 Å². The van der Waals surface area contributed by atoms with Gasteiger partial charge in [0.1, 0.15) is 22.2 Å². The highest BCUT2D eigenvalue weighted by atomic mass is 35.5. The van der Waals surface area contributed by atoms with Crippen LogP contribution in [-0.2, 0) is 6.61 Å². The van der Waals surface area contributed by atoms with E-state index in [4.69, 9.17) is 27.9 Å². The molecule has 3 rings (SSSR count). The van der Waals surface area contributed by atoms with Crippen LogP contribution in [0.1, 0.15) is 44.1 Å². The Bertz CT molecular complexity index is 1080. The number of halogens is 2. The summed E-state index contributed by atoms with van der Waals surface area (Å²) < 4.78 is 5.69. The van der Waals surface area contributed by atoms with Crippen LogP contribution in [0.25, 0.3) is 0 Å². The van der Waals surface area contributed by atoms with E-state index in [9.17, 15) is 9.59 Å². The van der Waals surface area contributed by atoms with Crippen molar-refractivity contribution < 1.29 is 14.3 Å². The van der Waals surface area contributed by atoms with Crippen molar-refractivity contribution in [3.63, 3.8) is 0 Å². The van der Waals surface area contributed by atoms with Crippen molar-refractivity contribution in [2.24, 2.45) is 0 Å². The molecule has 162 valence electrons.